The maximum Gasteiger partial charge on any atom is 0.0702 e. The average Bonchev–Trinajstić information content (AvgIpc) is 2.55. The van der Waals surface area contributed by atoms with Gasteiger partial charge in [0.05, 0.1) is 5.69 Å². The third-order valence-electron chi connectivity index (χ3n) is 4.15. The van der Waals surface area contributed by atoms with Gasteiger partial charge in [-0.15, -0.1) is 0 Å². The maximum atomic E-state index is 4.50. The van der Waals surface area contributed by atoms with E-state index in [1.54, 1.807) is 0 Å². The highest BCUT2D eigenvalue weighted by molar-refractivity contribution is 5.69. The summed E-state index contributed by atoms with van der Waals surface area (Å²) in [5, 5.41) is 0. The monoisotopic (exact) mass is 301 g/mol. The normalized spacial score (nSPS) is 11.5. The van der Waals surface area contributed by atoms with E-state index in [1.165, 1.54) is 22.3 Å². The molecule has 0 aliphatic rings. The summed E-state index contributed by atoms with van der Waals surface area (Å²) in [6, 6.07) is 21.6. The summed E-state index contributed by atoms with van der Waals surface area (Å²) >= 11 is 0. The number of rotatable bonds is 2. The summed E-state index contributed by atoms with van der Waals surface area (Å²) in [6.07, 6.45) is 1.91. The highest BCUT2D eigenvalue weighted by Gasteiger charge is 2.13. The molecule has 0 aliphatic heterocycles. The lowest BCUT2D eigenvalue weighted by Gasteiger charge is -2.19. The number of pyridine rings is 1. The number of hydrogen-bond acceptors (Lipinski definition) is 1. The summed E-state index contributed by atoms with van der Waals surface area (Å²) in [7, 11) is 0. The summed E-state index contributed by atoms with van der Waals surface area (Å²) in [6.45, 7) is 8.80. The Labute approximate surface area is 139 Å². The van der Waals surface area contributed by atoms with Crippen LogP contribution in [0.25, 0.3) is 22.4 Å². The Morgan fingerprint density at radius 2 is 1.43 bits per heavy atom. The third-order valence-corrected chi connectivity index (χ3v) is 4.15. The molecular weight excluding hydrogens is 278 g/mol. The van der Waals surface area contributed by atoms with Crippen LogP contribution in [0, 0.1) is 6.92 Å². The SMILES string of the molecule is Cc1ccc(-c2ccc(-c3cccc(C(C)(C)C)c3)cc2)nc1. The van der Waals surface area contributed by atoms with E-state index in [0.29, 0.717) is 0 Å². The third kappa shape index (κ3) is 3.50. The van der Waals surface area contributed by atoms with Crippen LogP contribution in [-0.4, -0.2) is 4.98 Å². The predicted octanol–water partition coefficient (Wildman–Crippen LogP) is 6.02. The molecule has 1 nitrogen and oxygen atoms in total. The first-order valence-corrected chi connectivity index (χ1v) is 8.07. The molecule has 0 unspecified atom stereocenters. The van der Waals surface area contributed by atoms with Crippen molar-refractivity contribution in [2.24, 2.45) is 0 Å². The van der Waals surface area contributed by atoms with E-state index in [4.69, 9.17) is 0 Å². The lowest BCUT2D eigenvalue weighted by Crippen LogP contribution is -2.10. The van der Waals surface area contributed by atoms with Crippen molar-refractivity contribution in [1.82, 2.24) is 4.98 Å². The fourth-order valence-corrected chi connectivity index (χ4v) is 2.64. The van der Waals surface area contributed by atoms with Gasteiger partial charge < -0.3 is 0 Å². The molecule has 3 aromatic rings. The van der Waals surface area contributed by atoms with Crippen LogP contribution in [0.3, 0.4) is 0 Å². The zero-order valence-corrected chi connectivity index (χ0v) is 14.3. The molecule has 1 heterocycles. The molecule has 0 radical (unpaired) electrons. The molecular formula is C22H23N. The van der Waals surface area contributed by atoms with Crippen molar-refractivity contribution >= 4 is 0 Å². The van der Waals surface area contributed by atoms with E-state index in [9.17, 15) is 0 Å². The number of hydrogen-bond donors (Lipinski definition) is 0. The van der Waals surface area contributed by atoms with Crippen molar-refractivity contribution < 1.29 is 0 Å². The molecule has 1 aromatic heterocycles. The van der Waals surface area contributed by atoms with Gasteiger partial charge in [-0.3, -0.25) is 4.98 Å². The van der Waals surface area contributed by atoms with Gasteiger partial charge in [0, 0.05) is 11.8 Å². The largest absolute Gasteiger partial charge is 0.256 e. The minimum absolute atomic E-state index is 0.168. The minimum Gasteiger partial charge on any atom is -0.256 e. The standard InChI is InChI=1S/C22H23N/c1-16-8-13-21(23-15-16)18-11-9-17(10-12-18)19-6-5-7-20(14-19)22(2,3)4/h5-15H,1-4H3. The number of nitrogens with zero attached hydrogens (tertiary/aromatic N) is 1. The Balaban J connectivity index is 1.92. The second-order valence-corrected chi connectivity index (χ2v) is 7.13. The molecule has 0 saturated heterocycles. The zero-order valence-electron chi connectivity index (χ0n) is 14.3. The Morgan fingerprint density at radius 3 is 2.04 bits per heavy atom. The molecule has 0 saturated carbocycles. The minimum atomic E-state index is 0.168. The van der Waals surface area contributed by atoms with Crippen molar-refractivity contribution in [1.29, 1.82) is 0 Å². The van der Waals surface area contributed by atoms with Crippen LogP contribution < -0.4 is 0 Å². The van der Waals surface area contributed by atoms with E-state index in [-0.39, 0.29) is 5.41 Å². The van der Waals surface area contributed by atoms with Crippen LogP contribution in [0.1, 0.15) is 31.9 Å². The highest BCUT2D eigenvalue weighted by Crippen LogP contribution is 2.28. The second-order valence-electron chi connectivity index (χ2n) is 7.13. The van der Waals surface area contributed by atoms with Gasteiger partial charge >= 0.3 is 0 Å². The Morgan fingerprint density at radius 1 is 0.739 bits per heavy atom. The molecule has 0 aliphatic carbocycles. The molecule has 2 aromatic carbocycles. The smallest absolute Gasteiger partial charge is 0.0702 e. The number of aromatic nitrogens is 1. The fourth-order valence-electron chi connectivity index (χ4n) is 2.64. The molecule has 1 heteroatoms. The van der Waals surface area contributed by atoms with Gasteiger partial charge in [0.2, 0.25) is 0 Å². The van der Waals surface area contributed by atoms with Gasteiger partial charge in [-0.25, -0.2) is 0 Å². The van der Waals surface area contributed by atoms with E-state index in [2.05, 4.69) is 93.3 Å². The molecule has 0 fully saturated rings. The van der Waals surface area contributed by atoms with Crippen molar-refractivity contribution in [3.05, 3.63) is 78.0 Å². The van der Waals surface area contributed by atoms with Crippen LogP contribution in [0.5, 0.6) is 0 Å². The lowest BCUT2D eigenvalue weighted by molar-refractivity contribution is 0.590. The second kappa shape index (κ2) is 6.00. The van der Waals surface area contributed by atoms with E-state index >= 15 is 0 Å². The maximum absolute atomic E-state index is 4.50. The summed E-state index contributed by atoms with van der Waals surface area (Å²) in [5.74, 6) is 0. The first kappa shape index (κ1) is 15.5. The molecule has 0 spiro atoms. The topological polar surface area (TPSA) is 12.9 Å². The lowest BCUT2D eigenvalue weighted by atomic mass is 9.85. The molecule has 0 amide bonds. The summed E-state index contributed by atoms with van der Waals surface area (Å²) in [5.41, 5.74) is 7.39. The van der Waals surface area contributed by atoms with Gasteiger partial charge in [0.1, 0.15) is 0 Å². The van der Waals surface area contributed by atoms with Gasteiger partial charge in [-0.1, -0.05) is 75.4 Å². The molecule has 23 heavy (non-hydrogen) atoms. The Hall–Kier alpha value is -2.41. The van der Waals surface area contributed by atoms with Gasteiger partial charge in [-0.05, 0) is 40.7 Å². The first-order chi connectivity index (χ1) is 10.9. The van der Waals surface area contributed by atoms with Crippen molar-refractivity contribution in [2.45, 2.75) is 33.1 Å². The van der Waals surface area contributed by atoms with E-state index < -0.39 is 0 Å². The average molecular weight is 301 g/mol. The van der Waals surface area contributed by atoms with Crippen LogP contribution in [0.15, 0.2) is 66.9 Å². The molecule has 0 atom stereocenters. The molecule has 0 bridgehead atoms. The number of aryl methyl sites for hydroxylation is 1. The van der Waals surface area contributed by atoms with Gasteiger partial charge in [0.25, 0.3) is 0 Å². The van der Waals surface area contributed by atoms with Crippen molar-refractivity contribution in [3.63, 3.8) is 0 Å². The zero-order chi connectivity index (χ0) is 16.4. The van der Waals surface area contributed by atoms with E-state index in [0.717, 1.165) is 11.3 Å². The fraction of sp³-hybridized carbons (Fsp3) is 0.227. The quantitative estimate of drug-likeness (QED) is 0.564. The van der Waals surface area contributed by atoms with E-state index in [1.807, 2.05) is 6.20 Å². The Bertz CT molecular complexity index is 791. The highest BCUT2D eigenvalue weighted by atomic mass is 14.7. The van der Waals surface area contributed by atoms with Crippen LogP contribution in [0.4, 0.5) is 0 Å². The predicted molar refractivity (Wildman–Crippen MR) is 98.5 cm³/mol. The van der Waals surface area contributed by atoms with Gasteiger partial charge in [-0.2, -0.15) is 0 Å². The Kier molecular flexibility index (Phi) is 4.04. The van der Waals surface area contributed by atoms with Crippen LogP contribution in [-0.2, 0) is 5.41 Å². The molecule has 0 N–H and O–H groups in total. The molecule has 3 rings (SSSR count). The van der Waals surface area contributed by atoms with Crippen LogP contribution >= 0.6 is 0 Å². The van der Waals surface area contributed by atoms with Crippen LogP contribution in [0.2, 0.25) is 0 Å². The van der Waals surface area contributed by atoms with Crippen molar-refractivity contribution in [2.75, 3.05) is 0 Å². The van der Waals surface area contributed by atoms with Crippen molar-refractivity contribution in [3.8, 4) is 22.4 Å². The molecule has 116 valence electrons. The number of benzene rings is 2. The first-order valence-electron chi connectivity index (χ1n) is 8.07. The van der Waals surface area contributed by atoms with Gasteiger partial charge in [0.15, 0.2) is 0 Å². The summed E-state index contributed by atoms with van der Waals surface area (Å²) < 4.78 is 0. The summed E-state index contributed by atoms with van der Waals surface area (Å²) in [4.78, 5) is 4.50.